The molecule has 1 atom stereocenters. The van der Waals surface area contributed by atoms with E-state index in [0.717, 1.165) is 32.6 Å². The maximum atomic E-state index is 12.8. The highest BCUT2D eigenvalue weighted by molar-refractivity contribution is 5.96. The van der Waals surface area contributed by atoms with Gasteiger partial charge in [0.2, 0.25) is 0 Å². The predicted molar refractivity (Wildman–Crippen MR) is 101 cm³/mol. The van der Waals surface area contributed by atoms with E-state index in [2.05, 4.69) is 10.2 Å². The standard InChI is InChI=1S/C20H29N3O3/c1-20(2,3)26-19(25)21-16-8-6-7-15(13-16)18(24)23-12-9-17(14-23)22-10-4-5-11-22/h6-8,13,17H,4-5,9-12,14H2,1-3H3,(H,21,25). The Morgan fingerprint density at radius 3 is 2.58 bits per heavy atom. The third-order valence-corrected chi connectivity index (χ3v) is 4.86. The molecule has 6 nitrogen and oxygen atoms in total. The van der Waals surface area contributed by atoms with Crippen molar-refractivity contribution in [3.63, 3.8) is 0 Å². The molecular formula is C20H29N3O3. The summed E-state index contributed by atoms with van der Waals surface area (Å²) >= 11 is 0. The van der Waals surface area contributed by atoms with E-state index in [1.165, 1.54) is 12.8 Å². The van der Waals surface area contributed by atoms with Crippen LogP contribution < -0.4 is 5.32 Å². The van der Waals surface area contributed by atoms with Crippen molar-refractivity contribution in [1.82, 2.24) is 9.80 Å². The molecule has 2 aliphatic rings. The first kappa shape index (κ1) is 18.7. The molecule has 0 aliphatic carbocycles. The van der Waals surface area contributed by atoms with Crippen molar-refractivity contribution in [2.75, 3.05) is 31.5 Å². The summed E-state index contributed by atoms with van der Waals surface area (Å²) < 4.78 is 5.26. The van der Waals surface area contributed by atoms with Gasteiger partial charge in [0, 0.05) is 30.4 Å². The quantitative estimate of drug-likeness (QED) is 0.899. The fourth-order valence-corrected chi connectivity index (χ4v) is 3.67. The van der Waals surface area contributed by atoms with Crippen molar-refractivity contribution in [3.05, 3.63) is 29.8 Å². The van der Waals surface area contributed by atoms with E-state index >= 15 is 0 Å². The number of nitrogens with one attached hydrogen (secondary N) is 1. The van der Waals surface area contributed by atoms with Crippen molar-refractivity contribution >= 4 is 17.7 Å². The van der Waals surface area contributed by atoms with Gasteiger partial charge in [-0.2, -0.15) is 0 Å². The van der Waals surface area contributed by atoms with Crippen LogP contribution in [0.15, 0.2) is 24.3 Å². The molecule has 0 radical (unpaired) electrons. The Morgan fingerprint density at radius 1 is 1.15 bits per heavy atom. The fraction of sp³-hybridized carbons (Fsp3) is 0.600. The molecular weight excluding hydrogens is 330 g/mol. The predicted octanol–water partition coefficient (Wildman–Crippen LogP) is 3.34. The molecule has 2 fully saturated rings. The third-order valence-electron chi connectivity index (χ3n) is 4.86. The van der Waals surface area contributed by atoms with Crippen LogP contribution in [0.5, 0.6) is 0 Å². The average molecular weight is 359 g/mol. The average Bonchev–Trinajstić information content (AvgIpc) is 3.23. The minimum Gasteiger partial charge on any atom is -0.444 e. The maximum Gasteiger partial charge on any atom is 0.412 e. The molecule has 6 heteroatoms. The summed E-state index contributed by atoms with van der Waals surface area (Å²) in [6.45, 7) is 9.35. The molecule has 2 saturated heterocycles. The number of likely N-dealkylation sites (tertiary alicyclic amines) is 2. The van der Waals surface area contributed by atoms with Crippen LogP contribution in [0.1, 0.15) is 50.4 Å². The van der Waals surface area contributed by atoms with Crippen LogP contribution in [0.3, 0.4) is 0 Å². The lowest BCUT2D eigenvalue weighted by Gasteiger charge is -2.23. The summed E-state index contributed by atoms with van der Waals surface area (Å²) in [4.78, 5) is 29.2. The third kappa shape index (κ3) is 4.75. The van der Waals surface area contributed by atoms with Crippen LogP contribution in [0.4, 0.5) is 10.5 Å². The first-order valence-corrected chi connectivity index (χ1v) is 9.45. The van der Waals surface area contributed by atoms with Crippen LogP contribution >= 0.6 is 0 Å². The Balaban J connectivity index is 1.60. The first-order chi connectivity index (χ1) is 12.3. The summed E-state index contributed by atoms with van der Waals surface area (Å²) in [6, 6.07) is 7.55. The van der Waals surface area contributed by atoms with Crippen LogP contribution in [0.2, 0.25) is 0 Å². The van der Waals surface area contributed by atoms with Gasteiger partial charge in [-0.15, -0.1) is 0 Å². The number of benzene rings is 1. The van der Waals surface area contributed by atoms with Crippen LogP contribution in [-0.4, -0.2) is 59.6 Å². The largest absolute Gasteiger partial charge is 0.444 e. The number of hydrogen-bond acceptors (Lipinski definition) is 4. The van der Waals surface area contributed by atoms with Gasteiger partial charge in [-0.05, 0) is 71.3 Å². The molecule has 2 aliphatic heterocycles. The number of ether oxygens (including phenoxy) is 1. The van der Waals surface area contributed by atoms with Gasteiger partial charge >= 0.3 is 6.09 Å². The van der Waals surface area contributed by atoms with Crippen molar-refractivity contribution < 1.29 is 14.3 Å². The van der Waals surface area contributed by atoms with E-state index < -0.39 is 11.7 Å². The van der Waals surface area contributed by atoms with Crippen molar-refractivity contribution in [1.29, 1.82) is 0 Å². The Hall–Kier alpha value is -2.08. The molecule has 1 aromatic carbocycles. The van der Waals surface area contributed by atoms with Gasteiger partial charge in [-0.25, -0.2) is 4.79 Å². The summed E-state index contributed by atoms with van der Waals surface area (Å²) in [5.41, 5.74) is 0.610. The molecule has 26 heavy (non-hydrogen) atoms. The molecule has 3 rings (SSSR count). The molecule has 1 unspecified atom stereocenters. The maximum absolute atomic E-state index is 12.8. The lowest BCUT2D eigenvalue weighted by Crippen LogP contribution is -2.37. The zero-order valence-corrected chi connectivity index (χ0v) is 16.0. The van der Waals surface area contributed by atoms with Crippen molar-refractivity contribution in [2.45, 2.75) is 51.7 Å². The molecule has 0 saturated carbocycles. The molecule has 1 N–H and O–H groups in total. The number of carbonyl (C=O) groups is 2. The van der Waals surface area contributed by atoms with Crippen LogP contribution in [0.25, 0.3) is 0 Å². The second-order valence-corrected chi connectivity index (χ2v) is 8.14. The Bertz CT molecular complexity index is 663. The summed E-state index contributed by atoms with van der Waals surface area (Å²) in [5, 5.41) is 2.70. The highest BCUT2D eigenvalue weighted by Crippen LogP contribution is 2.23. The van der Waals surface area contributed by atoms with Crippen LogP contribution in [0, 0.1) is 0 Å². The lowest BCUT2D eigenvalue weighted by atomic mass is 10.1. The van der Waals surface area contributed by atoms with E-state index in [1.807, 2.05) is 25.7 Å². The van der Waals surface area contributed by atoms with Gasteiger partial charge < -0.3 is 9.64 Å². The molecule has 2 amide bonds. The first-order valence-electron chi connectivity index (χ1n) is 9.45. The molecule has 2 heterocycles. The number of nitrogens with zero attached hydrogens (tertiary/aromatic N) is 2. The molecule has 142 valence electrons. The van der Waals surface area contributed by atoms with Crippen molar-refractivity contribution in [2.24, 2.45) is 0 Å². The molecule has 1 aromatic rings. The number of carbonyl (C=O) groups excluding carboxylic acids is 2. The topological polar surface area (TPSA) is 61.9 Å². The fourth-order valence-electron chi connectivity index (χ4n) is 3.67. The molecule has 0 spiro atoms. The van der Waals surface area contributed by atoms with Gasteiger partial charge in [0.25, 0.3) is 5.91 Å². The van der Waals surface area contributed by atoms with E-state index in [1.54, 1.807) is 24.3 Å². The zero-order chi connectivity index (χ0) is 18.7. The van der Waals surface area contributed by atoms with Gasteiger partial charge in [-0.1, -0.05) is 6.07 Å². The van der Waals surface area contributed by atoms with E-state index in [0.29, 0.717) is 17.3 Å². The SMILES string of the molecule is CC(C)(C)OC(=O)Nc1cccc(C(=O)N2CCC(N3CCCC3)C2)c1. The summed E-state index contributed by atoms with van der Waals surface area (Å²) in [7, 11) is 0. The van der Waals surface area contributed by atoms with Gasteiger partial charge in [0.1, 0.15) is 5.60 Å². The Labute approximate surface area is 155 Å². The second-order valence-electron chi connectivity index (χ2n) is 8.14. The number of rotatable bonds is 3. The zero-order valence-electron chi connectivity index (χ0n) is 16.0. The van der Waals surface area contributed by atoms with Gasteiger partial charge in [0.15, 0.2) is 0 Å². The summed E-state index contributed by atoms with van der Waals surface area (Å²) in [6.07, 6.45) is 3.06. The minimum atomic E-state index is -0.558. The molecule has 0 bridgehead atoms. The summed E-state index contributed by atoms with van der Waals surface area (Å²) in [5.74, 6) is 0.0273. The number of amides is 2. The highest BCUT2D eigenvalue weighted by atomic mass is 16.6. The van der Waals surface area contributed by atoms with Crippen molar-refractivity contribution in [3.8, 4) is 0 Å². The lowest BCUT2D eigenvalue weighted by molar-refractivity contribution is 0.0635. The van der Waals surface area contributed by atoms with E-state index in [9.17, 15) is 9.59 Å². The van der Waals surface area contributed by atoms with Gasteiger partial charge in [0.05, 0.1) is 0 Å². The monoisotopic (exact) mass is 359 g/mol. The van der Waals surface area contributed by atoms with E-state index in [4.69, 9.17) is 4.74 Å². The Morgan fingerprint density at radius 2 is 1.88 bits per heavy atom. The number of hydrogen-bond donors (Lipinski definition) is 1. The smallest absolute Gasteiger partial charge is 0.412 e. The number of anilines is 1. The normalized spacial score (nSPS) is 21.0. The van der Waals surface area contributed by atoms with E-state index in [-0.39, 0.29) is 5.91 Å². The van der Waals surface area contributed by atoms with Gasteiger partial charge in [-0.3, -0.25) is 15.0 Å². The Kier molecular flexibility index (Phi) is 5.51. The molecule has 0 aromatic heterocycles. The van der Waals surface area contributed by atoms with Crippen LogP contribution in [-0.2, 0) is 4.74 Å². The highest BCUT2D eigenvalue weighted by Gasteiger charge is 2.32. The second kappa shape index (κ2) is 7.66. The minimum absolute atomic E-state index is 0.0273.